The standard InChI is InChI=1S/C54H101NO8/c1-3-5-7-9-11-13-15-16-17-18-19-20-21-22-23-24-25-26-27-28-29-30-31-32-34-35-37-39-41-43-48(57)47(46-62-54-53(61)52(60)51(59)49(45-56)63-54)55-50(58)44-42-40-38-36-33-14-12-10-8-6-4-2/h29-30,34-35,41,43,47-49,51-54,56-57,59-61H,3-28,31-33,36-40,42,44-46H2,1-2H3,(H,55,58)/b30-29+,35-34+,43-41+. The number of aliphatic hydroxyl groups excluding tert-OH is 5. The summed E-state index contributed by atoms with van der Waals surface area (Å²) in [6.07, 6.45) is 49.4. The number of unbranched alkanes of at least 4 members (excludes halogenated alkanes) is 31. The van der Waals surface area contributed by atoms with E-state index in [1.54, 1.807) is 6.08 Å². The maximum atomic E-state index is 12.9. The first kappa shape index (κ1) is 59.4. The van der Waals surface area contributed by atoms with Crippen LogP contribution in [0.1, 0.15) is 245 Å². The third-order valence-electron chi connectivity index (χ3n) is 12.7. The third kappa shape index (κ3) is 34.4. The molecule has 1 saturated heterocycles. The Balaban J connectivity index is 2.23. The Hall–Kier alpha value is -1.59. The smallest absolute Gasteiger partial charge is 0.220 e. The minimum atomic E-state index is -1.57. The number of carbonyl (C=O) groups excluding carboxylic acids is 1. The molecule has 7 atom stereocenters. The number of aliphatic hydroxyl groups is 5. The van der Waals surface area contributed by atoms with Crippen LogP contribution in [0.3, 0.4) is 0 Å². The lowest BCUT2D eigenvalue weighted by Crippen LogP contribution is -2.60. The summed E-state index contributed by atoms with van der Waals surface area (Å²) in [5, 5.41) is 54.2. The minimum absolute atomic E-state index is 0.191. The predicted octanol–water partition coefficient (Wildman–Crippen LogP) is 12.4. The fourth-order valence-electron chi connectivity index (χ4n) is 8.42. The van der Waals surface area contributed by atoms with Crippen molar-refractivity contribution in [2.24, 2.45) is 0 Å². The van der Waals surface area contributed by atoms with Gasteiger partial charge in [-0.05, 0) is 44.9 Å². The summed E-state index contributed by atoms with van der Waals surface area (Å²) in [4.78, 5) is 12.9. The maximum absolute atomic E-state index is 12.9. The Labute approximate surface area is 387 Å². The normalized spacial score (nSPS) is 20.4. The van der Waals surface area contributed by atoms with Crippen molar-refractivity contribution in [1.82, 2.24) is 5.32 Å². The fourth-order valence-corrected chi connectivity index (χ4v) is 8.42. The van der Waals surface area contributed by atoms with Crippen LogP contribution in [0.2, 0.25) is 0 Å². The van der Waals surface area contributed by atoms with Crippen LogP contribution in [-0.4, -0.2) is 87.5 Å². The molecule has 1 aliphatic heterocycles. The van der Waals surface area contributed by atoms with Crippen molar-refractivity contribution < 1.29 is 39.8 Å². The van der Waals surface area contributed by atoms with E-state index in [0.717, 1.165) is 44.9 Å². The molecule has 0 bridgehead atoms. The highest BCUT2D eigenvalue weighted by Gasteiger charge is 2.44. The van der Waals surface area contributed by atoms with E-state index in [0.29, 0.717) is 6.42 Å². The first-order valence-electron chi connectivity index (χ1n) is 26.7. The summed E-state index contributed by atoms with van der Waals surface area (Å²) in [7, 11) is 0. The quantitative estimate of drug-likeness (QED) is 0.0261. The van der Waals surface area contributed by atoms with Gasteiger partial charge >= 0.3 is 0 Å². The van der Waals surface area contributed by atoms with Gasteiger partial charge in [0.25, 0.3) is 0 Å². The molecule has 1 aliphatic rings. The Morgan fingerprint density at radius 3 is 1.33 bits per heavy atom. The molecule has 63 heavy (non-hydrogen) atoms. The zero-order valence-corrected chi connectivity index (χ0v) is 40.8. The number of ether oxygens (including phenoxy) is 2. The van der Waals surface area contributed by atoms with E-state index in [-0.39, 0.29) is 12.5 Å². The molecule has 370 valence electrons. The van der Waals surface area contributed by atoms with Crippen LogP contribution in [0.5, 0.6) is 0 Å². The molecular weight excluding hydrogens is 791 g/mol. The van der Waals surface area contributed by atoms with E-state index in [1.807, 2.05) is 6.08 Å². The highest BCUT2D eigenvalue weighted by atomic mass is 16.7. The molecular formula is C54H101NO8. The van der Waals surface area contributed by atoms with E-state index in [1.165, 1.54) is 180 Å². The topological polar surface area (TPSA) is 149 Å². The lowest BCUT2D eigenvalue weighted by Gasteiger charge is -2.40. The highest BCUT2D eigenvalue weighted by Crippen LogP contribution is 2.23. The first-order chi connectivity index (χ1) is 30.8. The molecule has 1 rings (SSSR count). The second kappa shape index (κ2) is 44.3. The molecule has 7 unspecified atom stereocenters. The SMILES string of the molecule is CCCCCCCCCCCCCCCCCCCCC/C=C/CC/C=C/CC/C=C/C(O)C(COC1OC(CO)C(O)C(O)C1O)NC(=O)CCCCCCCCCCCCC. The molecule has 9 heteroatoms. The first-order valence-corrected chi connectivity index (χ1v) is 26.7. The van der Waals surface area contributed by atoms with Crippen molar-refractivity contribution in [3.05, 3.63) is 36.5 Å². The fraction of sp³-hybridized carbons (Fsp3) is 0.870. The molecule has 0 spiro atoms. The monoisotopic (exact) mass is 892 g/mol. The zero-order chi connectivity index (χ0) is 45.9. The summed E-state index contributed by atoms with van der Waals surface area (Å²) in [6, 6.07) is -0.824. The summed E-state index contributed by atoms with van der Waals surface area (Å²) in [5.41, 5.74) is 0. The summed E-state index contributed by atoms with van der Waals surface area (Å²) < 4.78 is 11.2. The van der Waals surface area contributed by atoms with E-state index in [4.69, 9.17) is 9.47 Å². The van der Waals surface area contributed by atoms with Crippen LogP contribution in [0.4, 0.5) is 0 Å². The molecule has 9 nitrogen and oxygen atoms in total. The highest BCUT2D eigenvalue weighted by molar-refractivity contribution is 5.76. The number of carbonyl (C=O) groups is 1. The number of hydrogen-bond acceptors (Lipinski definition) is 8. The van der Waals surface area contributed by atoms with Gasteiger partial charge in [-0.1, -0.05) is 230 Å². The molecule has 0 aromatic heterocycles. The van der Waals surface area contributed by atoms with Crippen molar-refractivity contribution in [1.29, 1.82) is 0 Å². The van der Waals surface area contributed by atoms with Gasteiger partial charge in [-0.25, -0.2) is 0 Å². The largest absolute Gasteiger partial charge is 0.394 e. The van der Waals surface area contributed by atoms with Gasteiger partial charge in [0.1, 0.15) is 24.4 Å². The van der Waals surface area contributed by atoms with Crippen LogP contribution in [0.25, 0.3) is 0 Å². The molecule has 6 N–H and O–H groups in total. The lowest BCUT2D eigenvalue weighted by atomic mass is 9.99. The predicted molar refractivity (Wildman–Crippen MR) is 263 cm³/mol. The Kier molecular flexibility index (Phi) is 41.7. The van der Waals surface area contributed by atoms with Crippen molar-refractivity contribution in [2.75, 3.05) is 13.2 Å². The summed E-state index contributed by atoms with van der Waals surface area (Å²) >= 11 is 0. The molecule has 0 saturated carbocycles. The van der Waals surface area contributed by atoms with Crippen molar-refractivity contribution in [3.63, 3.8) is 0 Å². The molecule has 0 aromatic carbocycles. The Morgan fingerprint density at radius 2 is 0.905 bits per heavy atom. The van der Waals surface area contributed by atoms with Gasteiger partial charge in [0.05, 0.1) is 25.4 Å². The molecule has 1 amide bonds. The van der Waals surface area contributed by atoms with E-state index < -0.39 is 49.5 Å². The van der Waals surface area contributed by atoms with Crippen LogP contribution in [0.15, 0.2) is 36.5 Å². The van der Waals surface area contributed by atoms with Crippen molar-refractivity contribution in [2.45, 2.75) is 288 Å². The van der Waals surface area contributed by atoms with Gasteiger partial charge in [-0.15, -0.1) is 0 Å². The average molecular weight is 892 g/mol. The van der Waals surface area contributed by atoms with Gasteiger partial charge < -0.3 is 40.3 Å². The molecule has 0 radical (unpaired) electrons. The van der Waals surface area contributed by atoms with Gasteiger partial charge in [-0.3, -0.25) is 4.79 Å². The minimum Gasteiger partial charge on any atom is -0.394 e. The second-order valence-corrected chi connectivity index (χ2v) is 18.7. The lowest BCUT2D eigenvalue weighted by molar-refractivity contribution is -0.302. The zero-order valence-electron chi connectivity index (χ0n) is 40.8. The van der Waals surface area contributed by atoms with Gasteiger partial charge in [0, 0.05) is 6.42 Å². The summed E-state index contributed by atoms with van der Waals surface area (Å²) in [6.45, 7) is 3.75. The summed E-state index contributed by atoms with van der Waals surface area (Å²) in [5.74, 6) is -0.191. The number of nitrogens with one attached hydrogen (secondary N) is 1. The van der Waals surface area contributed by atoms with E-state index >= 15 is 0 Å². The van der Waals surface area contributed by atoms with Crippen molar-refractivity contribution in [3.8, 4) is 0 Å². The molecule has 0 aromatic rings. The van der Waals surface area contributed by atoms with Crippen LogP contribution in [0, 0.1) is 0 Å². The van der Waals surface area contributed by atoms with Gasteiger partial charge in [-0.2, -0.15) is 0 Å². The third-order valence-corrected chi connectivity index (χ3v) is 12.7. The molecule has 0 aliphatic carbocycles. The number of allylic oxidation sites excluding steroid dienone is 5. The van der Waals surface area contributed by atoms with E-state index in [9.17, 15) is 30.3 Å². The van der Waals surface area contributed by atoms with E-state index in [2.05, 4.69) is 43.5 Å². The number of rotatable bonds is 45. The number of hydrogen-bond donors (Lipinski definition) is 6. The molecule has 1 heterocycles. The van der Waals surface area contributed by atoms with Crippen LogP contribution < -0.4 is 5.32 Å². The second-order valence-electron chi connectivity index (χ2n) is 18.7. The van der Waals surface area contributed by atoms with Crippen LogP contribution in [-0.2, 0) is 14.3 Å². The van der Waals surface area contributed by atoms with Crippen molar-refractivity contribution >= 4 is 5.91 Å². The average Bonchev–Trinajstić information content (AvgIpc) is 3.28. The van der Waals surface area contributed by atoms with Crippen LogP contribution >= 0.6 is 0 Å². The van der Waals surface area contributed by atoms with Gasteiger partial charge in [0.15, 0.2) is 6.29 Å². The maximum Gasteiger partial charge on any atom is 0.220 e. The number of amides is 1. The van der Waals surface area contributed by atoms with Gasteiger partial charge in [0.2, 0.25) is 5.91 Å². The Bertz CT molecular complexity index is 1080. The molecule has 1 fully saturated rings. The Morgan fingerprint density at radius 1 is 0.524 bits per heavy atom.